The van der Waals surface area contributed by atoms with Gasteiger partial charge < -0.3 is 4.90 Å². The maximum Gasteiger partial charge on any atom is 0.271 e. The Morgan fingerprint density at radius 2 is 1.88 bits per heavy atom. The van der Waals surface area contributed by atoms with E-state index in [0.29, 0.717) is 16.1 Å². The zero-order valence-electron chi connectivity index (χ0n) is 13.0. The summed E-state index contributed by atoms with van der Waals surface area (Å²) in [4.78, 5) is 14.0. The number of benzene rings is 2. The Morgan fingerprint density at radius 3 is 2.54 bits per heavy atom. The minimum absolute atomic E-state index is 0.328. The van der Waals surface area contributed by atoms with Gasteiger partial charge in [-0.15, -0.1) is 0 Å². The molecule has 124 valence electrons. The highest BCUT2D eigenvalue weighted by atomic mass is 35.5. The highest BCUT2D eigenvalue weighted by Gasteiger charge is 2.13. The molecule has 1 amide bonds. The highest BCUT2D eigenvalue weighted by Crippen LogP contribution is 2.22. The molecule has 0 bridgehead atoms. The molecule has 1 N–H and O–H groups in total. The summed E-state index contributed by atoms with van der Waals surface area (Å²) in [5.41, 5.74) is 4.02. The van der Waals surface area contributed by atoms with Crippen molar-refractivity contribution < 1.29 is 9.18 Å². The van der Waals surface area contributed by atoms with E-state index in [1.54, 1.807) is 30.3 Å². The maximum atomic E-state index is 14.2. The monoisotopic (exact) mass is 345 g/mol. The molecule has 6 heteroatoms. The Morgan fingerprint density at radius 1 is 1.17 bits per heavy atom. The van der Waals surface area contributed by atoms with Gasteiger partial charge in [-0.1, -0.05) is 11.6 Å². The van der Waals surface area contributed by atoms with Gasteiger partial charge in [-0.2, -0.15) is 5.10 Å². The van der Waals surface area contributed by atoms with E-state index in [1.807, 2.05) is 6.07 Å². The molecule has 1 heterocycles. The largest absolute Gasteiger partial charge is 0.371 e. The van der Waals surface area contributed by atoms with Crippen LogP contribution in [0, 0.1) is 5.82 Å². The number of hydrogen-bond donors (Lipinski definition) is 1. The van der Waals surface area contributed by atoms with Crippen LogP contribution in [0.5, 0.6) is 0 Å². The number of nitrogens with one attached hydrogen (secondary N) is 1. The summed E-state index contributed by atoms with van der Waals surface area (Å²) >= 11 is 5.77. The van der Waals surface area contributed by atoms with Crippen molar-refractivity contribution in [3.8, 4) is 0 Å². The van der Waals surface area contributed by atoms with Crippen LogP contribution in [0.25, 0.3) is 0 Å². The molecule has 2 aromatic rings. The Balaban J connectivity index is 1.63. The summed E-state index contributed by atoms with van der Waals surface area (Å²) in [5, 5.41) is 4.37. The molecular weight excluding hydrogens is 329 g/mol. The molecule has 0 saturated carbocycles. The van der Waals surface area contributed by atoms with Gasteiger partial charge in [-0.25, -0.2) is 9.82 Å². The lowest BCUT2D eigenvalue weighted by Gasteiger charge is -2.17. The fourth-order valence-corrected chi connectivity index (χ4v) is 2.75. The van der Waals surface area contributed by atoms with Crippen molar-refractivity contribution in [3.63, 3.8) is 0 Å². The lowest BCUT2D eigenvalue weighted by molar-refractivity contribution is 0.0955. The molecule has 24 heavy (non-hydrogen) atoms. The molecule has 0 aliphatic carbocycles. The second-order valence-electron chi connectivity index (χ2n) is 5.61. The van der Waals surface area contributed by atoms with Gasteiger partial charge in [0.25, 0.3) is 5.91 Å². The first-order chi connectivity index (χ1) is 11.6. The molecule has 4 nitrogen and oxygen atoms in total. The number of hydrazone groups is 1. The first-order valence-corrected chi connectivity index (χ1v) is 8.15. The summed E-state index contributed by atoms with van der Waals surface area (Å²) in [6.45, 7) is 1.92. The van der Waals surface area contributed by atoms with Crippen LogP contribution in [-0.4, -0.2) is 25.2 Å². The molecule has 0 aromatic heterocycles. The third-order valence-electron chi connectivity index (χ3n) is 3.93. The Bertz CT molecular complexity index is 755. The lowest BCUT2D eigenvalue weighted by atomic mass is 10.2. The van der Waals surface area contributed by atoms with Gasteiger partial charge in [0.2, 0.25) is 0 Å². The van der Waals surface area contributed by atoms with E-state index in [2.05, 4.69) is 15.4 Å². The summed E-state index contributed by atoms with van der Waals surface area (Å²) in [6, 6.07) is 11.5. The summed E-state index contributed by atoms with van der Waals surface area (Å²) in [6.07, 6.45) is 3.58. The molecular formula is C18H17ClFN3O. The average molecular weight is 346 g/mol. The zero-order valence-corrected chi connectivity index (χ0v) is 13.8. The second-order valence-corrected chi connectivity index (χ2v) is 6.04. The summed E-state index contributed by atoms with van der Waals surface area (Å²) in [7, 11) is 0. The fourth-order valence-electron chi connectivity index (χ4n) is 2.62. The number of carbonyl (C=O) groups is 1. The van der Waals surface area contributed by atoms with Crippen molar-refractivity contribution in [3.05, 3.63) is 64.4 Å². The van der Waals surface area contributed by atoms with Crippen molar-refractivity contribution >= 4 is 29.4 Å². The van der Waals surface area contributed by atoms with E-state index < -0.39 is 0 Å². The topological polar surface area (TPSA) is 44.7 Å². The highest BCUT2D eigenvalue weighted by molar-refractivity contribution is 6.30. The van der Waals surface area contributed by atoms with Crippen molar-refractivity contribution in [2.45, 2.75) is 12.8 Å². The van der Waals surface area contributed by atoms with Crippen LogP contribution >= 0.6 is 11.6 Å². The third-order valence-corrected chi connectivity index (χ3v) is 4.18. The predicted molar refractivity (Wildman–Crippen MR) is 94.4 cm³/mol. The molecule has 1 fully saturated rings. The molecule has 2 aromatic carbocycles. The summed E-state index contributed by atoms with van der Waals surface area (Å²) in [5.74, 6) is -0.735. The Kier molecular flexibility index (Phi) is 5.11. The second kappa shape index (κ2) is 7.45. The van der Waals surface area contributed by atoms with Crippen molar-refractivity contribution in [1.29, 1.82) is 0 Å². The molecule has 0 atom stereocenters. The normalized spacial score (nSPS) is 14.3. The standard InChI is InChI=1S/C18H17ClFN3O/c19-15-6-3-13(4-7-15)18(24)22-21-12-14-5-8-16(11-17(14)20)23-9-1-2-10-23/h3-8,11-12H,1-2,9-10H2,(H,22,24). The summed E-state index contributed by atoms with van der Waals surface area (Å²) < 4.78 is 14.2. The predicted octanol–water partition coefficient (Wildman–Crippen LogP) is 3.84. The van der Waals surface area contributed by atoms with Gasteiger partial charge in [0.1, 0.15) is 5.82 Å². The number of anilines is 1. The molecule has 3 rings (SSSR count). The van der Waals surface area contributed by atoms with E-state index in [0.717, 1.165) is 31.6 Å². The van der Waals surface area contributed by atoms with E-state index in [-0.39, 0.29) is 11.7 Å². The van der Waals surface area contributed by atoms with Gasteiger partial charge in [0.05, 0.1) is 6.21 Å². The molecule has 1 saturated heterocycles. The van der Waals surface area contributed by atoms with Crippen molar-refractivity contribution in [1.82, 2.24) is 5.43 Å². The van der Waals surface area contributed by atoms with Crippen LogP contribution in [0.1, 0.15) is 28.8 Å². The third kappa shape index (κ3) is 3.92. The minimum atomic E-state index is -0.378. The van der Waals surface area contributed by atoms with Crippen LogP contribution in [0.15, 0.2) is 47.6 Å². The van der Waals surface area contributed by atoms with Crippen molar-refractivity contribution in [2.75, 3.05) is 18.0 Å². The van der Waals surface area contributed by atoms with Crippen LogP contribution in [0.3, 0.4) is 0 Å². The lowest BCUT2D eigenvalue weighted by Crippen LogP contribution is -2.18. The van der Waals surface area contributed by atoms with E-state index in [1.165, 1.54) is 12.3 Å². The number of rotatable bonds is 4. The average Bonchev–Trinajstić information content (AvgIpc) is 3.11. The fraction of sp³-hybridized carbons (Fsp3) is 0.222. The number of carbonyl (C=O) groups excluding carboxylic acids is 1. The van der Waals surface area contributed by atoms with Crippen LogP contribution < -0.4 is 10.3 Å². The number of hydrogen-bond acceptors (Lipinski definition) is 3. The molecule has 0 spiro atoms. The van der Waals surface area contributed by atoms with E-state index >= 15 is 0 Å². The van der Waals surface area contributed by atoms with Crippen LogP contribution in [-0.2, 0) is 0 Å². The first-order valence-electron chi connectivity index (χ1n) is 7.77. The molecule has 0 unspecified atom stereocenters. The Hall–Kier alpha value is -2.40. The van der Waals surface area contributed by atoms with Gasteiger partial charge in [0.15, 0.2) is 0 Å². The van der Waals surface area contributed by atoms with Gasteiger partial charge >= 0.3 is 0 Å². The zero-order chi connectivity index (χ0) is 16.9. The van der Waals surface area contributed by atoms with Gasteiger partial charge in [0, 0.05) is 34.9 Å². The van der Waals surface area contributed by atoms with E-state index in [4.69, 9.17) is 11.6 Å². The van der Waals surface area contributed by atoms with Crippen molar-refractivity contribution in [2.24, 2.45) is 5.10 Å². The first kappa shape index (κ1) is 16.5. The minimum Gasteiger partial charge on any atom is -0.371 e. The van der Waals surface area contributed by atoms with Gasteiger partial charge in [-0.3, -0.25) is 4.79 Å². The SMILES string of the molecule is O=C(NN=Cc1ccc(N2CCCC2)cc1F)c1ccc(Cl)cc1. The molecule has 0 radical (unpaired) electrons. The van der Waals surface area contributed by atoms with E-state index in [9.17, 15) is 9.18 Å². The smallest absolute Gasteiger partial charge is 0.271 e. The quantitative estimate of drug-likeness (QED) is 0.676. The molecule has 1 aliphatic rings. The maximum absolute atomic E-state index is 14.2. The van der Waals surface area contributed by atoms with Crippen LogP contribution in [0.2, 0.25) is 5.02 Å². The number of halogens is 2. The number of amides is 1. The Labute approximate surface area is 144 Å². The van der Waals surface area contributed by atoms with Gasteiger partial charge in [-0.05, 0) is 55.3 Å². The number of nitrogens with zero attached hydrogens (tertiary/aromatic N) is 2. The molecule has 1 aliphatic heterocycles. The van der Waals surface area contributed by atoms with Crippen LogP contribution in [0.4, 0.5) is 10.1 Å².